The van der Waals surface area contributed by atoms with Crippen LogP contribution >= 0.6 is 0 Å². The number of halogens is 3. The summed E-state index contributed by atoms with van der Waals surface area (Å²) in [5.74, 6) is 0.000301. The first kappa shape index (κ1) is 12.8. The molecule has 1 saturated heterocycles. The Morgan fingerprint density at radius 3 is 2.67 bits per heavy atom. The molecular formula is C10H18F3NO. The molecule has 2 unspecified atom stereocenters. The normalized spacial score (nSPS) is 25.2. The highest BCUT2D eigenvalue weighted by molar-refractivity contribution is 4.80. The second kappa shape index (κ2) is 5.70. The minimum atomic E-state index is -4.09. The predicted octanol–water partition coefficient (Wildman–Crippen LogP) is 2.34. The smallest absolute Gasteiger partial charge is 0.381 e. The topological polar surface area (TPSA) is 21.3 Å². The van der Waals surface area contributed by atoms with Crippen LogP contribution in [-0.2, 0) is 4.74 Å². The average molecular weight is 225 g/mol. The van der Waals surface area contributed by atoms with Gasteiger partial charge in [0.1, 0.15) is 0 Å². The third-order valence-electron chi connectivity index (χ3n) is 2.68. The Morgan fingerprint density at radius 1 is 1.47 bits per heavy atom. The maximum Gasteiger partial charge on any atom is 0.390 e. The van der Waals surface area contributed by atoms with E-state index in [1.807, 2.05) is 6.92 Å². The minimum Gasteiger partial charge on any atom is -0.381 e. The average Bonchev–Trinajstić information content (AvgIpc) is 2.17. The molecule has 0 radical (unpaired) electrons. The van der Waals surface area contributed by atoms with Crippen LogP contribution in [0.1, 0.15) is 26.2 Å². The maximum absolute atomic E-state index is 12.3. The fourth-order valence-corrected chi connectivity index (χ4v) is 2.00. The van der Waals surface area contributed by atoms with Crippen LogP contribution in [0.15, 0.2) is 0 Å². The molecule has 2 atom stereocenters. The quantitative estimate of drug-likeness (QED) is 0.793. The lowest BCUT2D eigenvalue weighted by Crippen LogP contribution is -2.43. The van der Waals surface area contributed by atoms with Gasteiger partial charge in [-0.05, 0) is 25.3 Å². The summed E-state index contributed by atoms with van der Waals surface area (Å²) in [7, 11) is 0. The maximum atomic E-state index is 12.3. The van der Waals surface area contributed by atoms with Crippen LogP contribution in [0.2, 0.25) is 0 Å². The van der Waals surface area contributed by atoms with Gasteiger partial charge in [-0.15, -0.1) is 0 Å². The molecule has 1 rings (SSSR count). The van der Waals surface area contributed by atoms with E-state index in [1.165, 1.54) is 0 Å². The van der Waals surface area contributed by atoms with Crippen molar-refractivity contribution in [3.8, 4) is 0 Å². The van der Waals surface area contributed by atoms with Crippen molar-refractivity contribution in [1.82, 2.24) is 5.32 Å². The number of rotatable bonds is 4. The van der Waals surface area contributed by atoms with Crippen molar-refractivity contribution < 1.29 is 17.9 Å². The standard InChI is InChI=1S/C10H18F3NO/c1-2-14-9(6-10(11,12)13)8-4-3-5-15-7-8/h8-9,14H,2-7H2,1H3. The molecule has 1 fully saturated rings. The molecule has 0 aromatic rings. The van der Waals surface area contributed by atoms with Crippen molar-refractivity contribution in [2.24, 2.45) is 5.92 Å². The Bertz CT molecular complexity index is 178. The molecule has 0 aromatic carbocycles. The van der Waals surface area contributed by atoms with Crippen LogP contribution < -0.4 is 5.32 Å². The van der Waals surface area contributed by atoms with E-state index < -0.39 is 18.6 Å². The number of hydrogen-bond donors (Lipinski definition) is 1. The molecule has 0 bridgehead atoms. The Hall–Kier alpha value is -0.290. The lowest BCUT2D eigenvalue weighted by atomic mass is 9.91. The van der Waals surface area contributed by atoms with Crippen LogP contribution in [0.3, 0.4) is 0 Å². The third kappa shape index (κ3) is 4.84. The lowest BCUT2D eigenvalue weighted by molar-refractivity contribution is -0.145. The van der Waals surface area contributed by atoms with Gasteiger partial charge in [0, 0.05) is 12.6 Å². The Kier molecular flexibility index (Phi) is 4.86. The van der Waals surface area contributed by atoms with Gasteiger partial charge >= 0.3 is 6.18 Å². The number of alkyl halides is 3. The molecule has 1 heterocycles. The molecule has 1 aliphatic heterocycles. The zero-order valence-electron chi connectivity index (χ0n) is 8.94. The summed E-state index contributed by atoms with van der Waals surface area (Å²) in [4.78, 5) is 0. The molecule has 90 valence electrons. The van der Waals surface area contributed by atoms with Crippen molar-refractivity contribution in [3.05, 3.63) is 0 Å². The van der Waals surface area contributed by atoms with E-state index in [-0.39, 0.29) is 5.92 Å². The largest absolute Gasteiger partial charge is 0.390 e. The molecule has 5 heteroatoms. The van der Waals surface area contributed by atoms with Crippen molar-refractivity contribution in [2.75, 3.05) is 19.8 Å². The molecule has 0 amide bonds. The Morgan fingerprint density at radius 2 is 2.20 bits per heavy atom. The van der Waals surface area contributed by atoms with E-state index in [0.717, 1.165) is 12.8 Å². The van der Waals surface area contributed by atoms with Crippen LogP contribution in [0.5, 0.6) is 0 Å². The molecule has 0 aromatic heterocycles. The van der Waals surface area contributed by atoms with E-state index in [0.29, 0.717) is 19.8 Å². The van der Waals surface area contributed by atoms with Gasteiger partial charge in [0.2, 0.25) is 0 Å². The molecule has 2 nitrogen and oxygen atoms in total. The summed E-state index contributed by atoms with van der Waals surface area (Å²) in [6.07, 6.45) is -3.16. The Balaban J connectivity index is 2.47. The lowest BCUT2D eigenvalue weighted by Gasteiger charge is -2.31. The van der Waals surface area contributed by atoms with Crippen LogP contribution in [0.25, 0.3) is 0 Å². The molecule has 0 spiro atoms. The molecule has 15 heavy (non-hydrogen) atoms. The zero-order valence-corrected chi connectivity index (χ0v) is 8.94. The van der Waals surface area contributed by atoms with E-state index >= 15 is 0 Å². The van der Waals surface area contributed by atoms with E-state index in [1.54, 1.807) is 0 Å². The highest BCUT2D eigenvalue weighted by atomic mass is 19.4. The minimum absolute atomic E-state index is 0.000301. The highest BCUT2D eigenvalue weighted by Gasteiger charge is 2.35. The van der Waals surface area contributed by atoms with Gasteiger partial charge in [0.05, 0.1) is 13.0 Å². The van der Waals surface area contributed by atoms with Gasteiger partial charge in [0.25, 0.3) is 0 Å². The summed E-state index contributed by atoms with van der Waals surface area (Å²) >= 11 is 0. The van der Waals surface area contributed by atoms with Gasteiger partial charge in [-0.25, -0.2) is 0 Å². The monoisotopic (exact) mass is 225 g/mol. The van der Waals surface area contributed by atoms with Gasteiger partial charge in [-0.2, -0.15) is 13.2 Å². The van der Waals surface area contributed by atoms with Gasteiger partial charge in [0.15, 0.2) is 0 Å². The number of ether oxygens (including phenoxy) is 1. The first-order chi connectivity index (χ1) is 7.03. The predicted molar refractivity (Wildman–Crippen MR) is 51.7 cm³/mol. The molecule has 0 saturated carbocycles. The summed E-state index contributed by atoms with van der Waals surface area (Å²) in [6.45, 7) is 3.53. The van der Waals surface area contributed by atoms with Crippen LogP contribution in [0, 0.1) is 5.92 Å². The van der Waals surface area contributed by atoms with Crippen molar-refractivity contribution in [3.63, 3.8) is 0 Å². The summed E-state index contributed by atoms with van der Waals surface area (Å²) < 4.78 is 42.1. The van der Waals surface area contributed by atoms with Gasteiger partial charge < -0.3 is 10.1 Å². The molecular weight excluding hydrogens is 207 g/mol. The van der Waals surface area contributed by atoms with Crippen molar-refractivity contribution in [1.29, 1.82) is 0 Å². The van der Waals surface area contributed by atoms with Gasteiger partial charge in [-0.1, -0.05) is 6.92 Å². The number of hydrogen-bond acceptors (Lipinski definition) is 2. The summed E-state index contributed by atoms with van der Waals surface area (Å²) in [5.41, 5.74) is 0. The third-order valence-corrected chi connectivity index (χ3v) is 2.68. The number of nitrogens with one attached hydrogen (secondary N) is 1. The molecule has 1 N–H and O–H groups in total. The van der Waals surface area contributed by atoms with E-state index in [2.05, 4.69) is 5.32 Å². The molecule has 0 aliphatic carbocycles. The first-order valence-electron chi connectivity index (χ1n) is 5.41. The second-order valence-corrected chi connectivity index (χ2v) is 3.96. The van der Waals surface area contributed by atoms with Crippen LogP contribution in [-0.4, -0.2) is 32.0 Å². The first-order valence-corrected chi connectivity index (χ1v) is 5.41. The van der Waals surface area contributed by atoms with E-state index in [4.69, 9.17) is 4.74 Å². The second-order valence-electron chi connectivity index (χ2n) is 3.96. The van der Waals surface area contributed by atoms with Gasteiger partial charge in [-0.3, -0.25) is 0 Å². The van der Waals surface area contributed by atoms with Crippen molar-refractivity contribution in [2.45, 2.75) is 38.4 Å². The fraction of sp³-hybridized carbons (Fsp3) is 1.00. The molecule has 1 aliphatic rings. The summed E-state index contributed by atoms with van der Waals surface area (Å²) in [5, 5.41) is 2.91. The Labute approximate surface area is 88.2 Å². The summed E-state index contributed by atoms with van der Waals surface area (Å²) in [6, 6.07) is -0.490. The fourth-order valence-electron chi connectivity index (χ4n) is 2.00. The zero-order chi connectivity index (χ0) is 11.3. The van der Waals surface area contributed by atoms with Crippen LogP contribution in [0.4, 0.5) is 13.2 Å². The van der Waals surface area contributed by atoms with E-state index in [9.17, 15) is 13.2 Å². The SMILES string of the molecule is CCNC(CC(F)(F)F)C1CCCOC1. The van der Waals surface area contributed by atoms with Crippen molar-refractivity contribution >= 4 is 0 Å². The highest BCUT2D eigenvalue weighted by Crippen LogP contribution is 2.28.